The van der Waals surface area contributed by atoms with Gasteiger partial charge in [0.1, 0.15) is 0 Å². The van der Waals surface area contributed by atoms with Crippen LogP contribution < -0.4 is 9.47 Å². The number of thiophene rings is 1. The van der Waals surface area contributed by atoms with Crippen molar-refractivity contribution in [1.29, 1.82) is 0 Å². The van der Waals surface area contributed by atoms with Crippen molar-refractivity contribution >= 4 is 17.2 Å². The van der Waals surface area contributed by atoms with Crippen LogP contribution in [-0.4, -0.2) is 30.6 Å². The normalized spacial score (nSPS) is 20.3. The number of hydrogen-bond donors (Lipinski definition) is 0. The zero-order valence-electron chi connectivity index (χ0n) is 12.9. The first-order chi connectivity index (χ1) is 11.3. The molecule has 4 nitrogen and oxygen atoms in total. The van der Waals surface area contributed by atoms with E-state index in [4.69, 9.17) is 9.47 Å². The molecule has 1 amide bonds. The molecule has 2 aromatic rings. The van der Waals surface area contributed by atoms with Crippen LogP contribution in [0.5, 0.6) is 11.5 Å². The SMILES string of the molecule is O=C(c1ccc2c(c1)OCCCO2)N1CCC[C@@H]1c1ccsc1. The fourth-order valence-electron chi connectivity index (χ4n) is 3.28. The molecular formula is C18H19NO3S. The lowest BCUT2D eigenvalue weighted by Crippen LogP contribution is -2.30. The minimum Gasteiger partial charge on any atom is -0.490 e. The van der Waals surface area contributed by atoms with Crippen LogP contribution in [0.2, 0.25) is 0 Å². The monoisotopic (exact) mass is 329 g/mol. The Morgan fingerprint density at radius 2 is 2.00 bits per heavy atom. The molecule has 0 saturated carbocycles. The van der Waals surface area contributed by atoms with Crippen LogP contribution in [-0.2, 0) is 0 Å². The van der Waals surface area contributed by atoms with Crippen molar-refractivity contribution in [1.82, 2.24) is 4.90 Å². The van der Waals surface area contributed by atoms with E-state index in [0.717, 1.165) is 31.6 Å². The van der Waals surface area contributed by atoms with E-state index >= 15 is 0 Å². The second-order valence-electron chi connectivity index (χ2n) is 5.93. The predicted molar refractivity (Wildman–Crippen MR) is 89.4 cm³/mol. The molecule has 0 spiro atoms. The van der Waals surface area contributed by atoms with Crippen LogP contribution in [0, 0.1) is 0 Å². The van der Waals surface area contributed by atoms with Gasteiger partial charge in [0.15, 0.2) is 11.5 Å². The van der Waals surface area contributed by atoms with E-state index in [0.29, 0.717) is 24.5 Å². The molecule has 2 aliphatic rings. The highest BCUT2D eigenvalue weighted by Crippen LogP contribution is 2.36. The molecule has 2 aliphatic heterocycles. The van der Waals surface area contributed by atoms with Crippen LogP contribution in [0.3, 0.4) is 0 Å². The Morgan fingerprint density at radius 3 is 2.83 bits per heavy atom. The maximum atomic E-state index is 13.0. The van der Waals surface area contributed by atoms with Gasteiger partial charge in [0, 0.05) is 18.5 Å². The van der Waals surface area contributed by atoms with Crippen LogP contribution >= 0.6 is 11.3 Å². The van der Waals surface area contributed by atoms with Gasteiger partial charge in [0.2, 0.25) is 0 Å². The summed E-state index contributed by atoms with van der Waals surface area (Å²) in [5, 5.41) is 4.22. The van der Waals surface area contributed by atoms with E-state index < -0.39 is 0 Å². The van der Waals surface area contributed by atoms with E-state index in [1.807, 2.05) is 23.1 Å². The number of nitrogens with zero attached hydrogens (tertiary/aromatic N) is 1. The minimum atomic E-state index is 0.0781. The summed E-state index contributed by atoms with van der Waals surface area (Å²) in [7, 11) is 0. The third-order valence-corrected chi connectivity index (χ3v) is 5.14. The summed E-state index contributed by atoms with van der Waals surface area (Å²) in [6.07, 6.45) is 2.95. The Balaban J connectivity index is 1.60. The highest BCUT2D eigenvalue weighted by molar-refractivity contribution is 7.08. The molecule has 0 radical (unpaired) electrons. The standard InChI is InChI=1S/C18H19NO3S/c20-18(19-7-1-3-15(19)14-6-10-23-12-14)13-4-5-16-17(11-13)22-9-2-8-21-16/h4-6,10-12,15H,1-3,7-9H2/t15-/m1/s1. The second kappa shape index (κ2) is 6.24. The van der Waals surface area contributed by atoms with Crippen LogP contribution in [0.25, 0.3) is 0 Å². The number of hydrogen-bond acceptors (Lipinski definition) is 4. The Labute approximate surface area is 139 Å². The first-order valence-electron chi connectivity index (χ1n) is 8.05. The van der Waals surface area contributed by atoms with Gasteiger partial charge in [-0.15, -0.1) is 0 Å². The summed E-state index contributed by atoms with van der Waals surface area (Å²) in [5.41, 5.74) is 1.92. The second-order valence-corrected chi connectivity index (χ2v) is 6.71. The highest BCUT2D eigenvalue weighted by Gasteiger charge is 2.31. The van der Waals surface area contributed by atoms with Crippen LogP contribution in [0.4, 0.5) is 0 Å². The van der Waals surface area contributed by atoms with Crippen molar-refractivity contribution in [3.05, 3.63) is 46.2 Å². The summed E-state index contributed by atoms with van der Waals surface area (Å²) in [4.78, 5) is 14.9. The average Bonchev–Trinajstić information content (AvgIpc) is 3.20. The van der Waals surface area contributed by atoms with Gasteiger partial charge in [-0.25, -0.2) is 0 Å². The molecule has 1 saturated heterocycles. The highest BCUT2D eigenvalue weighted by atomic mass is 32.1. The topological polar surface area (TPSA) is 38.8 Å². The summed E-state index contributed by atoms with van der Waals surface area (Å²) >= 11 is 1.68. The third-order valence-electron chi connectivity index (χ3n) is 4.44. The van der Waals surface area contributed by atoms with Gasteiger partial charge < -0.3 is 14.4 Å². The van der Waals surface area contributed by atoms with Crippen molar-refractivity contribution < 1.29 is 14.3 Å². The van der Waals surface area contributed by atoms with Crippen molar-refractivity contribution in [3.63, 3.8) is 0 Å². The van der Waals surface area contributed by atoms with E-state index in [1.165, 1.54) is 5.56 Å². The smallest absolute Gasteiger partial charge is 0.254 e. The quantitative estimate of drug-likeness (QED) is 0.839. The molecule has 1 aromatic carbocycles. The molecule has 4 rings (SSSR count). The lowest BCUT2D eigenvalue weighted by molar-refractivity contribution is 0.0735. The number of carbonyl (C=O) groups excluding carboxylic acids is 1. The van der Waals surface area contributed by atoms with Gasteiger partial charge in [-0.1, -0.05) is 0 Å². The van der Waals surface area contributed by atoms with E-state index in [1.54, 1.807) is 11.3 Å². The number of fused-ring (bicyclic) bond motifs is 1. The van der Waals surface area contributed by atoms with Gasteiger partial charge in [0.25, 0.3) is 5.91 Å². The van der Waals surface area contributed by atoms with Crippen molar-refractivity contribution in [2.24, 2.45) is 0 Å². The fraction of sp³-hybridized carbons (Fsp3) is 0.389. The van der Waals surface area contributed by atoms with Gasteiger partial charge in [-0.3, -0.25) is 4.79 Å². The molecule has 0 aliphatic carbocycles. The molecule has 0 unspecified atom stereocenters. The number of benzene rings is 1. The molecule has 0 N–H and O–H groups in total. The Hall–Kier alpha value is -2.01. The number of rotatable bonds is 2. The van der Waals surface area contributed by atoms with E-state index in [9.17, 15) is 4.79 Å². The molecular weight excluding hydrogens is 310 g/mol. The van der Waals surface area contributed by atoms with Crippen LogP contribution in [0.1, 0.15) is 41.2 Å². The van der Waals surface area contributed by atoms with Crippen molar-refractivity contribution in [2.45, 2.75) is 25.3 Å². The molecule has 1 fully saturated rings. The minimum absolute atomic E-state index is 0.0781. The summed E-state index contributed by atoms with van der Waals surface area (Å²) in [6, 6.07) is 7.84. The Kier molecular flexibility index (Phi) is 3.95. The van der Waals surface area contributed by atoms with E-state index in [-0.39, 0.29) is 11.9 Å². The Bertz CT molecular complexity index is 698. The maximum absolute atomic E-state index is 13.0. The zero-order valence-corrected chi connectivity index (χ0v) is 13.7. The summed E-state index contributed by atoms with van der Waals surface area (Å²) in [5.74, 6) is 1.49. The molecule has 1 atom stereocenters. The van der Waals surface area contributed by atoms with E-state index in [2.05, 4.69) is 16.8 Å². The van der Waals surface area contributed by atoms with Gasteiger partial charge in [-0.05, 0) is 53.4 Å². The summed E-state index contributed by atoms with van der Waals surface area (Å²) in [6.45, 7) is 2.10. The zero-order chi connectivity index (χ0) is 15.6. The van der Waals surface area contributed by atoms with Crippen LogP contribution in [0.15, 0.2) is 35.0 Å². The third kappa shape index (κ3) is 2.81. The molecule has 0 bridgehead atoms. The average molecular weight is 329 g/mol. The van der Waals surface area contributed by atoms with Crippen molar-refractivity contribution in [2.75, 3.05) is 19.8 Å². The molecule has 3 heterocycles. The van der Waals surface area contributed by atoms with Gasteiger partial charge >= 0.3 is 0 Å². The van der Waals surface area contributed by atoms with Gasteiger partial charge in [-0.2, -0.15) is 11.3 Å². The number of ether oxygens (including phenoxy) is 2. The lowest BCUT2D eigenvalue weighted by Gasteiger charge is -2.24. The Morgan fingerprint density at radius 1 is 1.13 bits per heavy atom. The first-order valence-corrected chi connectivity index (χ1v) is 9.00. The molecule has 1 aromatic heterocycles. The van der Waals surface area contributed by atoms with Crippen molar-refractivity contribution in [3.8, 4) is 11.5 Å². The largest absolute Gasteiger partial charge is 0.490 e. The maximum Gasteiger partial charge on any atom is 0.254 e. The lowest BCUT2D eigenvalue weighted by atomic mass is 10.1. The number of likely N-dealkylation sites (tertiary alicyclic amines) is 1. The number of carbonyl (C=O) groups is 1. The van der Waals surface area contributed by atoms with Gasteiger partial charge in [0.05, 0.1) is 19.3 Å². The number of amides is 1. The molecule has 23 heavy (non-hydrogen) atoms. The first kappa shape index (κ1) is 14.6. The molecule has 5 heteroatoms. The molecule has 120 valence electrons. The fourth-order valence-corrected chi connectivity index (χ4v) is 3.99. The summed E-state index contributed by atoms with van der Waals surface area (Å²) < 4.78 is 11.3. The predicted octanol–water partition coefficient (Wildman–Crippen LogP) is 3.89.